The number of aliphatic carboxylic acids is 1. The fourth-order valence-electron chi connectivity index (χ4n) is 0.695. The molecule has 0 spiro atoms. The molecule has 1 rings (SSSR count). The monoisotopic (exact) mass is 159 g/mol. The van der Waals surface area contributed by atoms with Crippen LogP contribution in [0.15, 0.2) is 0 Å². The average Bonchev–Trinajstić information content (AvgIpc) is 2.65. The van der Waals surface area contributed by atoms with Crippen LogP contribution >= 0.6 is 0 Å². The average molecular weight is 159 g/mol. The van der Waals surface area contributed by atoms with Crippen LogP contribution in [0.25, 0.3) is 0 Å². The van der Waals surface area contributed by atoms with Crippen molar-refractivity contribution in [2.45, 2.75) is 19.1 Å². The van der Waals surface area contributed by atoms with Crippen molar-refractivity contribution in [2.24, 2.45) is 0 Å². The summed E-state index contributed by atoms with van der Waals surface area (Å²) in [6.45, 7) is 1.85. The van der Waals surface area contributed by atoms with Crippen molar-refractivity contribution >= 4 is 11.9 Å². The summed E-state index contributed by atoms with van der Waals surface area (Å²) in [5, 5.41) is 10.0. The maximum Gasteiger partial charge on any atom is 0.338 e. The molecule has 0 unspecified atom stereocenters. The Kier molecular flexibility index (Phi) is 2.09. The van der Waals surface area contributed by atoms with E-state index < -0.39 is 24.1 Å². The lowest BCUT2D eigenvalue weighted by Gasteiger charge is -1.96. The largest absolute Gasteiger partial charge is 0.547 e. The molecule has 62 valence electrons. The number of carboxylic acids is 1. The normalized spacial score (nSPS) is 27.7. The molecule has 0 aromatic rings. The highest BCUT2D eigenvalue weighted by atomic mass is 16.7. The fourth-order valence-corrected chi connectivity index (χ4v) is 0.695. The highest BCUT2D eigenvalue weighted by Crippen LogP contribution is 2.22. The summed E-state index contributed by atoms with van der Waals surface area (Å²) in [5.74, 6) is -2.01. The molecule has 5 heteroatoms. The van der Waals surface area contributed by atoms with Gasteiger partial charge in [-0.05, 0) is 6.92 Å². The molecule has 0 bridgehead atoms. The third kappa shape index (κ3) is 1.68. The molecule has 0 amide bonds. The summed E-state index contributed by atoms with van der Waals surface area (Å²) in [4.78, 5) is 20.7. The molecule has 0 aromatic carbocycles. The van der Waals surface area contributed by atoms with Gasteiger partial charge < -0.3 is 19.4 Å². The standard InChI is InChI=1S/C6H8O5/c1-2-10-6(9)4-3(11-4)5(7)8/h3-4H,2H2,1H3,(H,7,8)/p-1/t3-,4-/m1/s1. The van der Waals surface area contributed by atoms with Crippen LogP contribution < -0.4 is 5.11 Å². The zero-order valence-electron chi connectivity index (χ0n) is 5.90. The molecular weight excluding hydrogens is 152 g/mol. The first-order chi connectivity index (χ1) is 5.16. The first-order valence-corrected chi connectivity index (χ1v) is 3.19. The van der Waals surface area contributed by atoms with Crippen LogP contribution in [-0.4, -0.2) is 30.8 Å². The lowest BCUT2D eigenvalue weighted by Crippen LogP contribution is -2.31. The van der Waals surface area contributed by atoms with Gasteiger partial charge in [-0.25, -0.2) is 4.79 Å². The van der Waals surface area contributed by atoms with Crippen molar-refractivity contribution in [3.8, 4) is 0 Å². The fraction of sp³-hybridized carbons (Fsp3) is 0.667. The molecule has 0 N–H and O–H groups in total. The molecule has 1 saturated heterocycles. The molecule has 0 radical (unpaired) electrons. The van der Waals surface area contributed by atoms with Crippen LogP contribution in [-0.2, 0) is 19.1 Å². The lowest BCUT2D eigenvalue weighted by atomic mass is 10.3. The van der Waals surface area contributed by atoms with Gasteiger partial charge in [0.15, 0.2) is 6.10 Å². The van der Waals surface area contributed by atoms with E-state index in [2.05, 4.69) is 9.47 Å². The van der Waals surface area contributed by atoms with Crippen LogP contribution in [0.2, 0.25) is 0 Å². The Labute approximate surface area is 62.9 Å². The Balaban J connectivity index is 2.32. The van der Waals surface area contributed by atoms with Gasteiger partial charge in [0.2, 0.25) is 0 Å². The van der Waals surface area contributed by atoms with Crippen LogP contribution in [0.4, 0.5) is 0 Å². The molecule has 2 atom stereocenters. The first kappa shape index (κ1) is 8.00. The number of hydrogen-bond acceptors (Lipinski definition) is 5. The van der Waals surface area contributed by atoms with Gasteiger partial charge >= 0.3 is 5.97 Å². The minimum atomic E-state index is -1.37. The Morgan fingerprint density at radius 1 is 1.55 bits per heavy atom. The molecule has 5 nitrogen and oxygen atoms in total. The summed E-state index contributed by atoms with van der Waals surface area (Å²) >= 11 is 0. The van der Waals surface area contributed by atoms with Gasteiger partial charge in [0, 0.05) is 0 Å². The lowest BCUT2D eigenvalue weighted by molar-refractivity contribution is -0.307. The minimum absolute atomic E-state index is 0.221. The molecule has 0 saturated carbocycles. The summed E-state index contributed by atoms with van der Waals surface area (Å²) in [7, 11) is 0. The smallest absolute Gasteiger partial charge is 0.338 e. The first-order valence-electron chi connectivity index (χ1n) is 3.19. The molecular formula is C6H7O5-. The summed E-state index contributed by atoms with van der Waals surface area (Å²) < 4.78 is 8.95. The van der Waals surface area contributed by atoms with Crippen molar-refractivity contribution in [1.82, 2.24) is 0 Å². The van der Waals surface area contributed by atoms with Crippen LogP contribution in [0.5, 0.6) is 0 Å². The van der Waals surface area contributed by atoms with E-state index >= 15 is 0 Å². The third-order valence-corrected chi connectivity index (χ3v) is 1.24. The van der Waals surface area contributed by atoms with Crippen molar-refractivity contribution in [3.63, 3.8) is 0 Å². The molecule has 0 aliphatic carbocycles. The number of carbonyl (C=O) groups excluding carboxylic acids is 2. The van der Waals surface area contributed by atoms with E-state index in [1.54, 1.807) is 6.92 Å². The van der Waals surface area contributed by atoms with Crippen molar-refractivity contribution in [2.75, 3.05) is 6.61 Å². The van der Waals surface area contributed by atoms with Crippen molar-refractivity contribution < 1.29 is 24.2 Å². The van der Waals surface area contributed by atoms with Crippen LogP contribution in [0.3, 0.4) is 0 Å². The number of esters is 1. The third-order valence-electron chi connectivity index (χ3n) is 1.24. The molecule has 1 aliphatic rings. The SMILES string of the molecule is CCOC(=O)[C@@H]1O[C@H]1C(=O)[O-]. The van der Waals surface area contributed by atoms with E-state index in [-0.39, 0.29) is 6.61 Å². The van der Waals surface area contributed by atoms with E-state index in [4.69, 9.17) is 0 Å². The number of epoxide rings is 1. The maximum atomic E-state index is 10.7. The van der Waals surface area contributed by atoms with Crippen molar-refractivity contribution in [3.05, 3.63) is 0 Å². The highest BCUT2D eigenvalue weighted by Gasteiger charge is 2.47. The summed E-state index contributed by atoms with van der Waals surface area (Å²) in [6, 6.07) is 0. The quantitative estimate of drug-likeness (QED) is 0.354. The van der Waals surface area contributed by atoms with E-state index in [0.29, 0.717) is 0 Å². The second-order valence-electron chi connectivity index (χ2n) is 2.05. The van der Waals surface area contributed by atoms with Gasteiger partial charge in [-0.1, -0.05) is 0 Å². The van der Waals surface area contributed by atoms with Crippen LogP contribution in [0.1, 0.15) is 6.92 Å². The molecule has 0 aromatic heterocycles. The Morgan fingerprint density at radius 3 is 2.55 bits per heavy atom. The number of ether oxygens (including phenoxy) is 2. The Hall–Kier alpha value is -1.10. The van der Waals surface area contributed by atoms with Gasteiger partial charge in [-0.3, -0.25) is 0 Å². The van der Waals surface area contributed by atoms with E-state index in [9.17, 15) is 14.7 Å². The zero-order chi connectivity index (χ0) is 8.43. The van der Waals surface area contributed by atoms with E-state index in [0.717, 1.165) is 0 Å². The maximum absolute atomic E-state index is 10.7. The Morgan fingerprint density at radius 2 is 2.18 bits per heavy atom. The van der Waals surface area contributed by atoms with Gasteiger partial charge in [0.05, 0.1) is 12.6 Å². The highest BCUT2D eigenvalue weighted by molar-refractivity contribution is 5.88. The number of carbonyl (C=O) groups is 2. The van der Waals surface area contributed by atoms with E-state index in [1.807, 2.05) is 0 Å². The predicted octanol–water partition coefficient (Wildman–Crippen LogP) is -1.93. The minimum Gasteiger partial charge on any atom is -0.547 e. The Bertz CT molecular complexity index is 187. The zero-order valence-corrected chi connectivity index (χ0v) is 5.90. The number of carboxylic acid groups (broad SMARTS) is 1. The number of hydrogen-bond donors (Lipinski definition) is 0. The molecule has 1 fully saturated rings. The van der Waals surface area contributed by atoms with Gasteiger partial charge in [0.1, 0.15) is 6.10 Å². The summed E-state index contributed by atoms with van der Waals surface area (Å²) in [5.41, 5.74) is 0. The van der Waals surface area contributed by atoms with Gasteiger partial charge in [-0.15, -0.1) is 0 Å². The molecule has 1 heterocycles. The second-order valence-corrected chi connectivity index (χ2v) is 2.05. The van der Waals surface area contributed by atoms with Crippen molar-refractivity contribution in [1.29, 1.82) is 0 Å². The molecule has 1 aliphatic heterocycles. The summed E-state index contributed by atoms with van der Waals surface area (Å²) in [6.07, 6.45) is -2.05. The van der Waals surface area contributed by atoms with Crippen LogP contribution in [0, 0.1) is 0 Å². The number of rotatable bonds is 3. The topological polar surface area (TPSA) is 79.0 Å². The molecule has 11 heavy (non-hydrogen) atoms. The van der Waals surface area contributed by atoms with Gasteiger partial charge in [0.25, 0.3) is 0 Å². The second kappa shape index (κ2) is 2.87. The van der Waals surface area contributed by atoms with E-state index in [1.165, 1.54) is 0 Å². The predicted molar refractivity (Wildman–Crippen MR) is 30.3 cm³/mol. The van der Waals surface area contributed by atoms with Gasteiger partial charge in [-0.2, -0.15) is 0 Å².